The van der Waals surface area contributed by atoms with E-state index < -0.39 is 5.97 Å². The molecule has 0 aliphatic carbocycles. The Hall–Kier alpha value is -1.45. The molecule has 0 aliphatic heterocycles. The van der Waals surface area contributed by atoms with Gasteiger partial charge < -0.3 is 5.11 Å². The molecule has 4 heteroatoms. The Morgan fingerprint density at radius 2 is 2.06 bits per heavy atom. The lowest BCUT2D eigenvalue weighted by Crippen LogP contribution is -2.11. The SMILES string of the molecule is Cc1cnc(CCC(C)(C)C)nc1C(=O)O. The van der Waals surface area contributed by atoms with E-state index in [1.54, 1.807) is 13.1 Å². The van der Waals surface area contributed by atoms with E-state index in [0.717, 1.165) is 6.42 Å². The summed E-state index contributed by atoms with van der Waals surface area (Å²) in [6.07, 6.45) is 3.23. The van der Waals surface area contributed by atoms with Crippen molar-refractivity contribution in [3.63, 3.8) is 0 Å². The summed E-state index contributed by atoms with van der Waals surface area (Å²) in [6, 6.07) is 0. The second-order valence-corrected chi connectivity index (χ2v) is 5.18. The number of aromatic carboxylic acids is 1. The van der Waals surface area contributed by atoms with Gasteiger partial charge in [0.1, 0.15) is 5.82 Å². The average molecular weight is 222 g/mol. The molecule has 4 nitrogen and oxygen atoms in total. The standard InChI is InChI=1S/C12H18N2O2/c1-8-7-13-9(5-6-12(2,3)4)14-10(8)11(15)16/h7H,5-6H2,1-4H3,(H,15,16). The number of carboxylic acid groups (broad SMARTS) is 1. The van der Waals surface area contributed by atoms with Crippen molar-refractivity contribution in [2.24, 2.45) is 5.41 Å². The predicted octanol–water partition coefficient (Wildman–Crippen LogP) is 2.46. The lowest BCUT2D eigenvalue weighted by Gasteiger charge is -2.17. The lowest BCUT2D eigenvalue weighted by molar-refractivity contribution is 0.0689. The molecular weight excluding hydrogens is 204 g/mol. The van der Waals surface area contributed by atoms with E-state index in [1.807, 2.05) is 0 Å². The summed E-state index contributed by atoms with van der Waals surface area (Å²) in [5.41, 5.74) is 0.920. The van der Waals surface area contributed by atoms with Crippen molar-refractivity contribution in [2.45, 2.75) is 40.5 Å². The highest BCUT2D eigenvalue weighted by molar-refractivity contribution is 5.86. The van der Waals surface area contributed by atoms with Gasteiger partial charge in [-0.3, -0.25) is 0 Å². The van der Waals surface area contributed by atoms with Crippen molar-refractivity contribution in [3.05, 3.63) is 23.3 Å². The average Bonchev–Trinajstić information content (AvgIpc) is 2.14. The maximum Gasteiger partial charge on any atom is 0.354 e. The van der Waals surface area contributed by atoms with Gasteiger partial charge in [0.15, 0.2) is 5.69 Å². The maximum absolute atomic E-state index is 10.9. The number of carboxylic acids is 1. The van der Waals surface area contributed by atoms with E-state index in [0.29, 0.717) is 17.8 Å². The molecule has 0 aromatic carbocycles. The minimum atomic E-state index is -0.989. The predicted molar refractivity (Wildman–Crippen MR) is 61.5 cm³/mol. The highest BCUT2D eigenvalue weighted by Crippen LogP contribution is 2.20. The first kappa shape index (κ1) is 12.6. The summed E-state index contributed by atoms with van der Waals surface area (Å²) in [6.45, 7) is 8.12. The molecule has 0 saturated carbocycles. The molecular formula is C12H18N2O2. The van der Waals surface area contributed by atoms with E-state index in [2.05, 4.69) is 30.7 Å². The van der Waals surface area contributed by atoms with Crippen LogP contribution in [0.25, 0.3) is 0 Å². The zero-order valence-electron chi connectivity index (χ0n) is 10.2. The van der Waals surface area contributed by atoms with Crippen LogP contribution < -0.4 is 0 Å². The minimum Gasteiger partial charge on any atom is -0.477 e. The van der Waals surface area contributed by atoms with Gasteiger partial charge in [0.2, 0.25) is 0 Å². The summed E-state index contributed by atoms with van der Waals surface area (Å²) in [5, 5.41) is 8.93. The number of hydrogen-bond acceptors (Lipinski definition) is 3. The molecule has 1 aromatic heterocycles. The van der Waals surface area contributed by atoms with Crippen molar-refractivity contribution >= 4 is 5.97 Å². The molecule has 0 saturated heterocycles. The number of hydrogen-bond donors (Lipinski definition) is 1. The molecule has 0 radical (unpaired) electrons. The third-order valence-electron chi connectivity index (χ3n) is 2.32. The molecule has 88 valence electrons. The van der Waals surface area contributed by atoms with Crippen LogP contribution >= 0.6 is 0 Å². The Morgan fingerprint density at radius 3 is 2.56 bits per heavy atom. The molecule has 16 heavy (non-hydrogen) atoms. The summed E-state index contributed by atoms with van der Waals surface area (Å²) in [5.74, 6) is -0.380. The number of aryl methyl sites for hydroxylation is 2. The van der Waals surface area contributed by atoms with Gasteiger partial charge in [-0.1, -0.05) is 20.8 Å². The Labute approximate surface area is 95.7 Å². The fourth-order valence-electron chi connectivity index (χ4n) is 1.30. The van der Waals surface area contributed by atoms with Crippen LogP contribution in [0.1, 0.15) is 49.1 Å². The third-order valence-corrected chi connectivity index (χ3v) is 2.32. The normalized spacial score (nSPS) is 11.5. The van der Waals surface area contributed by atoms with E-state index in [1.165, 1.54) is 0 Å². The fourth-order valence-corrected chi connectivity index (χ4v) is 1.30. The Kier molecular flexibility index (Phi) is 3.62. The molecule has 1 aromatic rings. The molecule has 0 fully saturated rings. The second kappa shape index (κ2) is 4.60. The molecule has 1 heterocycles. The maximum atomic E-state index is 10.9. The van der Waals surface area contributed by atoms with Crippen LogP contribution in [0.4, 0.5) is 0 Å². The van der Waals surface area contributed by atoms with Crippen LogP contribution in [0.3, 0.4) is 0 Å². The highest BCUT2D eigenvalue weighted by atomic mass is 16.4. The zero-order valence-corrected chi connectivity index (χ0v) is 10.2. The topological polar surface area (TPSA) is 63.1 Å². The second-order valence-electron chi connectivity index (χ2n) is 5.18. The van der Waals surface area contributed by atoms with Gasteiger partial charge in [-0.05, 0) is 18.8 Å². The Balaban J connectivity index is 2.83. The Morgan fingerprint density at radius 1 is 1.44 bits per heavy atom. The molecule has 1 N–H and O–H groups in total. The molecule has 0 unspecified atom stereocenters. The quantitative estimate of drug-likeness (QED) is 0.853. The minimum absolute atomic E-state index is 0.110. The van der Waals surface area contributed by atoms with Crippen LogP contribution in [-0.2, 0) is 6.42 Å². The van der Waals surface area contributed by atoms with Crippen molar-refractivity contribution < 1.29 is 9.90 Å². The van der Waals surface area contributed by atoms with Crippen LogP contribution in [0.15, 0.2) is 6.20 Å². The van der Waals surface area contributed by atoms with Crippen LogP contribution in [0.2, 0.25) is 0 Å². The first-order valence-corrected chi connectivity index (χ1v) is 5.35. The van der Waals surface area contributed by atoms with Crippen molar-refractivity contribution in [1.29, 1.82) is 0 Å². The van der Waals surface area contributed by atoms with Gasteiger partial charge in [-0.25, -0.2) is 14.8 Å². The number of carbonyl (C=O) groups is 1. The first-order valence-electron chi connectivity index (χ1n) is 5.35. The lowest BCUT2D eigenvalue weighted by atomic mass is 9.90. The highest BCUT2D eigenvalue weighted by Gasteiger charge is 2.14. The summed E-state index contributed by atoms with van der Waals surface area (Å²) < 4.78 is 0. The van der Waals surface area contributed by atoms with Gasteiger partial charge in [0.25, 0.3) is 0 Å². The van der Waals surface area contributed by atoms with Crippen LogP contribution in [0, 0.1) is 12.3 Å². The molecule has 0 spiro atoms. The first-order chi connectivity index (χ1) is 7.29. The van der Waals surface area contributed by atoms with Crippen molar-refractivity contribution in [2.75, 3.05) is 0 Å². The van der Waals surface area contributed by atoms with Gasteiger partial charge >= 0.3 is 5.97 Å². The molecule has 0 bridgehead atoms. The van der Waals surface area contributed by atoms with Gasteiger partial charge in [-0.15, -0.1) is 0 Å². The third kappa shape index (κ3) is 3.61. The number of rotatable bonds is 3. The zero-order chi connectivity index (χ0) is 12.3. The van der Waals surface area contributed by atoms with Crippen molar-refractivity contribution in [1.82, 2.24) is 9.97 Å². The van der Waals surface area contributed by atoms with E-state index in [9.17, 15) is 4.79 Å². The van der Waals surface area contributed by atoms with Gasteiger partial charge in [-0.2, -0.15) is 0 Å². The smallest absolute Gasteiger partial charge is 0.354 e. The number of nitrogens with zero attached hydrogens (tertiary/aromatic N) is 2. The molecule has 0 aliphatic rings. The van der Waals surface area contributed by atoms with Gasteiger partial charge in [0.05, 0.1) is 0 Å². The molecule has 0 atom stereocenters. The fraction of sp³-hybridized carbons (Fsp3) is 0.583. The van der Waals surface area contributed by atoms with E-state index >= 15 is 0 Å². The van der Waals surface area contributed by atoms with Crippen molar-refractivity contribution in [3.8, 4) is 0 Å². The Bertz CT molecular complexity index is 394. The molecule has 1 rings (SSSR count). The van der Waals surface area contributed by atoms with Crippen LogP contribution in [0.5, 0.6) is 0 Å². The van der Waals surface area contributed by atoms with Gasteiger partial charge in [0, 0.05) is 18.2 Å². The van der Waals surface area contributed by atoms with E-state index in [-0.39, 0.29) is 11.1 Å². The monoisotopic (exact) mass is 222 g/mol. The van der Waals surface area contributed by atoms with E-state index in [4.69, 9.17) is 5.11 Å². The summed E-state index contributed by atoms with van der Waals surface area (Å²) in [4.78, 5) is 19.1. The molecule has 0 amide bonds. The summed E-state index contributed by atoms with van der Waals surface area (Å²) in [7, 11) is 0. The van der Waals surface area contributed by atoms with Crippen LogP contribution in [-0.4, -0.2) is 21.0 Å². The number of aromatic nitrogens is 2. The largest absolute Gasteiger partial charge is 0.477 e. The summed E-state index contributed by atoms with van der Waals surface area (Å²) >= 11 is 0.